The molecule has 23 heavy (non-hydrogen) atoms. The van der Waals surface area contributed by atoms with E-state index in [4.69, 9.17) is 5.73 Å². The second-order valence-corrected chi connectivity index (χ2v) is 5.91. The fourth-order valence-electron chi connectivity index (χ4n) is 2.76. The Morgan fingerprint density at radius 2 is 1.78 bits per heavy atom. The van der Waals surface area contributed by atoms with Crippen molar-refractivity contribution in [1.29, 1.82) is 0 Å². The van der Waals surface area contributed by atoms with Crippen LogP contribution in [0.4, 0.5) is 5.69 Å². The lowest BCUT2D eigenvalue weighted by atomic mass is 9.81. The average molecular weight is 319 g/mol. The van der Waals surface area contributed by atoms with E-state index in [2.05, 4.69) is 5.32 Å². The van der Waals surface area contributed by atoms with Gasteiger partial charge in [0.1, 0.15) is 0 Å². The van der Waals surface area contributed by atoms with Crippen LogP contribution in [0, 0.1) is 5.41 Å². The predicted molar refractivity (Wildman–Crippen MR) is 94.2 cm³/mol. The van der Waals surface area contributed by atoms with Crippen LogP contribution in [0.2, 0.25) is 0 Å². The quantitative estimate of drug-likeness (QED) is 0.772. The van der Waals surface area contributed by atoms with Crippen molar-refractivity contribution in [2.24, 2.45) is 11.1 Å². The summed E-state index contributed by atoms with van der Waals surface area (Å²) in [5, 5.41) is 2.89. The first-order chi connectivity index (χ1) is 10.9. The summed E-state index contributed by atoms with van der Waals surface area (Å²) in [5.74, 6) is -0.260. The topological polar surface area (TPSA) is 75.4 Å². The molecule has 3 N–H and O–H groups in total. The normalized spacial score (nSPS) is 11.2. The number of nitrogens with zero attached hydrogens (tertiary/aromatic N) is 1. The zero-order valence-electron chi connectivity index (χ0n) is 14.7. The van der Waals surface area contributed by atoms with E-state index in [1.807, 2.05) is 45.0 Å². The maximum atomic E-state index is 12.6. The zero-order chi connectivity index (χ0) is 17.5. The monoisotopic (exact) mass is 319 g/mol. The number of hydrogen-bond acceptors (Lipinski definition) is 3. The van der Waals surface area contributed by atoms with Crippen LogP contribution in [0.15, 0.2) is 24.3 Å². The summed E-state index contributed by atoms with van der Waals surface area (Å²) in [5.41, 5.74) is 7.12. The smallest absolute Gasteiger partial charge is 0.243 e. The molecular weight excluding hydrogens is 290 g/mol. The third kappa shape index (κ3) is 4.55. The molecule has 0 heterocycles. The Morgan fingerprint density at radius 3 is 2.30 bits per heavy atom. The minimum Gasteiger partial charge on any atom is -0.336 e. The zero-order valence-corrected chi connectivity index (χ0v) is 14.7. The fraction of sp³-hybridized carbons (Fsp3) is 0.556. The molecule has 1 rings (SSSR count). The van der Waals surface area contributed by atoms with E-state index < -0.39 is 5.41 Å². The Balaban J connectivity index is 2.75. The van der Waals surface area contributed by atoms with Crippen LogP contribution < -0.4 is 11.1 Å². The molecule has 0 saturated carbocycles. The van der Waals surface area contributed by atoms with Gasteiger partial charge in [0.2, 0.25) is 11.8 Å². The number of carbonyl (C=O) groups excluding carboxylic acids is 2. The number of aryl methyl sites for hydroxylation is 1. The summed E-state index contributed by atoms with van der Waals surface area (Å²) < 4.78 is 0. The van der Waals surface area contributed by atoms with Crippen molar-refractivity contribution in [3.63, 3.8) is 0 Å². The SMILES string of the molecule is CCc1ccccc1NC(=O)CN(C)C(=O)C(CC)(CC)CN. The highest BCUT2D eigenvalue weighted by Crippen LogP contribution is 2.27. The molecule has 0 aliphatic heterocycles. The fourth-order valence-corrected chi connectivity index (χ4v) is 2.76. The maximum absolute atomic E-state index is 12.6. The third-order valence-electron chi connectivity index (χ3n) is 4.60. The van der Waals surface area contributed by atoms with Crippen LogP contribution >= 0.6 is 0 Å². The molecule has 0 radical (unpaired) electrons. The van der Waals surface area contributed by atoms with Crippen molar-refractivity contribution in [3.05, 3.63) is 29.8 Å². The van der Waals surface area contributed by atoms with Gasteiger partial charge in [-0.15, -0.1) is 0 Å². The molecule has 0 aliphatic rings. The highest BCUT2D eigenvalue weighted by molar-refractivity contribution is 5.95. The Morgan fingerprint density at radius 1 is 1.17 bits per heavy atom. The van der Waals surface area contributed by atoms with Crippen LogP contribution in [0.5, 0.6) is 0 Å². The van der Waals surface area contributed by atoms with Crippen LogP contribution in [0.3, 0.4) is 0 Å². The number of rotatable bonds is 8. The van der Waals surface area contributed by atoms with Crippen LogP contribution in [0.25, 0.3) is 0 Å². The van der Waals surface area contributed by atoms with Gasteiger partial charge in [-0.1, -0.05) is 39.0 Å². The minimum atomic E-state index is -0.573. The van der Waals surface area contributed by atoms with E-state index in [9.17, 15) is 9.59 Å². The highest BCUT2D eigenvalue weighted by atomic mass is 16.2. The average Bonchev–Trinajstić information content (AvgIpc) is 2.57. The van der Waals surface area contributed by atoms with Crippen molar-refractivity contribution in [3.8, 4) is 0 Å². The molecule has 1 aromatic rings. The summed E-state index contributed by atoms with van der Waals surface area (Å²) in [6, 6.07) is 7.69. The molecule has 1 aromatic carbocycles. The molecular formula is C18H29N3O2. The van der Waals surface area contributed by atoms with Gasteiger partial charge in [-0.05, 0) is 30.9 Å². The van der Waals surface area contributed by atoms with Crippen molar-refractivity contribution in [1.82, 2.24) is 4.90 Å². The molecule has 128 valence electrons. The van der Waals surface area contributed by atoms with E-state index in [0.29, 0.717) is 19.4 Å². The number of amides is 2. The molecule has 0 spiro atoms. The molecule has 0 saturated heterocycles. The number of hydrogen-bond donors (Lipinski definition) is 2. The summed E-state index contributed by atoms with van der Waals surface area (Å²) >= 11 is 0. The van der Waals surface area contributed by atoms with Crippen LogP contribution in [-0.2, 0) is 16.0 Å². The first-order valence-electron chi connectivity index (χ1n) is 8.27. The minimum absolute atomic E-state index is 0.0264. The number of carbonyl (C=O) groups is 2. The predicted octanol–water partition coefficient (Wildman–Crippen LogP) is 2.41. The molecule has 5 heteroatoms. The number of nitrogens with two attached hydrogens (primary N) is 1. The Labute approximate surface area is 139 Å². The van der Waals surface area contributed by atoms with Crippen molar-refractivity contribution < 1.29 is 9.59 Å². The van der Waals surface area contributed by atoms with Gasteiger partial charge in [-0.25, -0.2) is 0 Å². The van der Waals surface area contributed by atoms with E-state index in [0.717, 1.165) is 17.7 Å². The Hall–Kier alpha value is -1.88. The molecule has 0 aliphatic carbocycles. The standard InChI is InChI=1S/C18H29N3O2/c1-5-14-10-8-9-11-15(14)20-16(22)12-21(4)17(23)18(6-2,7-3)13-19/h8-11H,5-7,12-13,19H2,1-4H3,(H,20,22). The van der Waals surface area contributed by atoms with E-state index >= 15 is 0 Å². The van der Waals surface area contributed by atoms with Crippen molar-refractivity contribution in [2.75, 3.05) is 25.5 Å². The highest BCUT2D eigenvalue weighted by Gasteiger charge is 2.36. The summed E-state index contributed by atoms with van der Waals surface area (Å²) in [6.07, 6.45) is 2.18. The summed E-state index contributed by atoms with van der Waals surface area (Å²) in [4.78, 5) is 26.4. The molecule has 0 atom stereocenters. The summed E-state index contributed by atoms with van der Waals surface area (Å²) in [6.45, 7) is 6.28. The molecule has 0 bridgehead atoms. The number of anilines is 1. The number of likely N-dealkylation sites (N-methyl/N-ethyl adjacent to an activating group) is 1. The van der Waals surface area contributed by atoms with Gasteiger partial charge in [0, 0.05) is 19.3 Å². The number of nitrogens with one attached hydrogen (secondary N) is 1. The van der Waals surface area contributed by atoms with Gasteiger partial charge in [0.05, 0.1) is 12.0 Å². The number of benzene rings is 1. The maximum Gasteiger partial charge on any atom is 0.243 e. The van der Waals surface area contributed by atoms with Crippen LogP contribution in [0.1, 0.15) is 39.2 Å². The number of para-hydroxylation sites is 1. The molecule has 5 nitrogen and oxygen atoms in total. The largest absolute Gasteiger partial charge is 0.336 e. The molecule has 0 fully saturated rings. The Bertz CT molecular complexity index is 531. The van der Waals surface area contributed by atoms with Crippen LogP contribution in [-0.4, -0.2) is 36.9 Å². The van der Waals surface area contributed by atoms with Gasteiger partial charge in [0.15, 0.2) is 0 Å². The lowest BCUT2D eigenvalue weighted by molar-refractivity contribution is -0.142. The molecule has 0 aromatic heterocycles. The van der Waals surface area contributed by atoms with Gasteiger partial charge in [-0.2, -0.15) is 0 Å². The lowest BCUT2D eigenvalue weighted by Crippen LogP contribution is -2.48. The molecule has 2 amide bonds. The lowest BCUT2D eigenvalue weighted by Gasteiger charge is -2.33. The second kappa shape index (κ2) is 8.67. The van der Waals surface area contributed by atoms with Gasteiger partial charge >= 0.3 is 0 Å². The third-order valence-corrected chi connectivity index (χ3v) is 4.60. The van der Waals surface area contributed by atoms with E-state index in [1.54, 1.807) is 7.05 Å². The van der Waals surface area contributed by atoms with Crippen molar-refractivity contribution in [2.45, 2.75) is 40.0 Å². The first kappa shape index (κ1) is 19.2. The van der Waals surface area contributed by atoms with E-state index in [-0.39, 0.29) is 18.4 Å². The van der Waals surface area contributed by atoms with Crippen molar-refractivity contribution >= 4 is 17.5 Å². The second-order valence-electron chi connectivity index (χ2n) is 5.91. The summed E-state index contributed by atoms with van der Waals surface area (Å²) in [7, 11) is 1.66. The Kier molecular flexibility index (Phi) is 7.23. The first-order valence-corrected chi connectivity index (χ1v) is 8.27. The van der Waals surface area contributed by atoms with Gasteiger partial charge < -0.3 is 16.0 Å². The van der Waals surface area contributed by atoms with Gasteiger partial charge in [0.25, 0.3) is 0 Å². The van der Waals surface area contributed by atoms with E-state index in [1.165, 1.54) is 4.90 Å². The van der Waals surface area contributed by atoms with Gasteiger partial charge in [-0.3, -0.25) is 9.59 Å². The molecule has 0 unspecified atom stereocenters.